The number of amides is 2. The number of carbonyl (C=O) groups excluding carboxylic acids is 2. The second-order valence-electron chi connectivity index (χ2n) is 11.4. The normalized spacial score (nSPS) is 11.6. The van der Waals surface area contributed by atoms with Crippen LogP contribution < -0.4 is 10.6 Å². The maximum absolute atomic E-state index is 12.4. The first-order valence-corrected chi connectivity index (χ1v) is 12.7. The number of benzene rings is 3. The minimum atomic E-state index is -0.480. The van der Waals surface area contributed by atoms with Crippen LogP contribution in [0, 0.1) is 10.8 Å². The van der Waals surface area contributed by atoms with Gasteiger partial charge in [-0.25, -0.2) is 9.97 Å². The molecule has 0 aliphatic carbocycles. The molecule has 6 nitrogen and oxygen atoms in total. The molecule has 0 bridgehead atoms. The van der Waals surface area contributed by atoms with E-state index in [1.54, 1.807) is 0 Å². The van der Waals surface area contributed by atoms with Crippen LogP contribution in [0.2, 0.25) is 0 Å². The number of aromatic nitrogens is 2. The Bertz CT molecular complexity index is 1340. The molecule has 194 valence electrons. The van der Waals surface area contributed by atoms with Crippen LogP contribution in [0.3, 0.4) is 0 Å². The molecule has 0 saturated carbocycles. The van der Waals surface area contributed by atoms with Gasteiger partial charge in [0.25, 0.3) is 0 Å². The van der Waals surface area contributed by atoms with Gasteiger partial charge in [-0.3, -0.25) is 9.59 Å². The molecule has 1 aromatic heterocycles. The summed E-state index contributed by atoms with van der Waals surface area (Å²) in [5.41, 5.74) is 4.82. The van der Waals surface area contributed by atoms with Gasteiger partial charge in [0, 0.05) is 38.9 Å². The van der Waals surface area contributed by atoms with E-state index in [2.05, 4.69) is 10.6 Å². The topological polar surface area (TPSA) is 84.0 Å². The highest BCUT2D eigenvalue weighted by Crippen LogP contribution is 2.29. The number of nitrogens with zero attached hydrogens (tertiary/aromatic N) is 2. The number of anilines is 2. The molecule has 0 saturated heterocycles. The summed E-state index contributed by atoms with van der Waals surface area (Å²) in [7, 11) is 0. The lowest BCUT2D eigenvalue weighted by Crippen LogP contribution is -2.27. The third-order valence-electron chi connectivity index (χ3n) is 6.00. The number of rotatable bonds is 5. The van der Waals surface area contributed by atoms with Gasteiger partial charge in [0.05, 0.1) is 11.4 Å². The summed E-state index contributed by atoms with van der Waals surface area (Å²) in [4.78, 5) is 34.5. The van der Waals surface area contributed by atoms with Crippen molar-refractivity contribution in [3.63, 3.8) is 0 Å². The van der Waals surface area contributed by atoms with Crippen molar-refractivity contribution in [1.29, 1.82) is 0 Å². The van der Waals surface area contributed by atoms with E-state index in [1.807, 2.05) is 126 Å². The molecule has 38 heavy (non-hydrogen) atoms. The average Bonchev–Trinajstić information content (AvgIpc) is 2.88. The molecule has 0 spiro atoms. The fourth-order valence-electron chi connectivity index (χ4n) is 3.55. The smallest absolute Gasteiger partial charge is 0.229 e. The Kier molecular flexibility index (Phi) is 7.44. The van der Waals surface area contributed by atoms with Crippen molar-refractivity contribution >= 4 is 23.2 Å². The molecule has 2 amide bonds. The molecule has 6 heteroatoms. The Hall–Kier alpha value is -4.32. The highest BCUT2D eigenvalue weighted by molar-refractivity contribution is 5.95. The second-order valence-corrected chi connectivity index (χ2v) is 11.4. The molecule has 1 heterocycles. The Balaban J connectivity index is 1.68. The van der Waals surface area contributed by atoms with Crippen LogP contribution in [-0.2, 0) is 9.59 Å². The summed E-state index contributed by atoms with van der Waals surface area (Å²) in [6, 6.07) is 27.2. The summed E-state index contributed by atoms with van der Waals surface area (Å²) < 4.78 is 0. The van der Waals surface area contributed by atoms with E-state index in [-0.39, 0.29) is 11.8 Å². The van der Waals surface area contributed by atoms with Crippen molar-refractivity contribution in [2.24, 2.45) is 10.8 Å². The van der Waals surface area contributed by atoms with Crippen LogP contribution in [0.25, 0.3) is 33.9 Å². The largest absolute Gasteiger partial charge is 0.326 e. The van der Waals surface area contributed by atoms with Crippen LogP contribution in [0.4, 0.5) is 11.4 Å². The van der Waals surface area contributed by atoms with Gasteiger partial charge in [-0.2, -0.15) is 0 Å². The van der Waals surface area contributed by atoms with E-state index in [0.29, 0.717) is 5.82 Å². The third-order valence-corrected chi connectivity index (χ3v) is 6.00. The first kappa shape index (κ1) is 26.7. The molecule has 0 aliphatic rings. The third kappa shape index (κ3) is 6.51. The van der Waals surface area contributed by atoms with Crippen LogP contribution >= 0.6 is 0 Å². The Morgan fingerprint density at radius 2 is 0.947 bits per heavy atom. The van der Waals surface area contributed by atoms with Gasteiger partial charge in [0.15, 0.2) is 5.82 Å². The first-order chi connectivity index (χ1) is 17.9. The van der Waals surface area contributed by atoms with Crippen LogP contribution in [0.15, 0.2) is 84.9 Å². The lowest BCUT2D eigenvalue weighted by molar-refractivity contribution is -0.123. The van der Waals surface area contributed by atoms with E-state index in [0.717, 1.165) is 39.5 Å². The van der Waals surface area contributed by atoms with Gasteiger partial charge in [-0.05, 0) is 42.5 Å². The summed E-state index contributed by atoms with van der Waals surface area (Å²) in [6.45, 7) is 11.3. The van der Waals surface area contributed by atoms with Crippen LogP contribution in [0.1, 0.15) is 41.5 Å². The van der Waals surface area contributed by atoms with Crippen molar-refractivity contribution in [2.45, 2.75) is 41.5 Å². The minimum absolute atomic E-state index is 0.0388. The molecule has 0 atom stereocenters. The molecule has 0 radical (unpaired) electrons. The maximum atomic E-state index is 12.4. The molecule has 0 unspecified atom stereocenters. The van der Waals surface area contributed by atoms with E-state index in [4.69, 9.17) is 9.97 Å². The van der Waals surface area contributed by atoms with Gasteiger partial charge in [0.2, 0.25) is 11.8 Å². The van der Waals surface area contributed by atoms with Crippen LogP contribution in [0.5, 0.6) is 0 Å². The maximum Gasteiger partial charge on any atom is 0.229 e. The molecule has 4 rings (SSSR count). The minimum Gasteiger partial charge on any atom is -0.326 e. The number of hydrogen-bond acceptors (Lipinski definition) is 4. The predicted molar refractivity (Wildman–Crippen MR) is 155 cm³/mol. The molecular formula is C32H34N4O2. The van der Waals surface area contributed by atoms with Crippen LogP contribution in [-0.4, -0.2) is 21.8 Å². The van der Waals surface area contributed by atoms with Gasteiger partial charge < -0.3 is 10.6 Å². The van der Waals surface area contributed by atoms with Crippen molar-refractivity contribution in [1.82, 2.24) is 9.97 Å². The molecular weight excluding hydrogens is 472 g/mol. The van der Waals surface area contributed by atoms with Gasteiger partial charge >= 0.3 is 0 Å². The van der Waals surface area contributed by atoms with Crippen molar-refractivity contribution in [3.05, 3.63) is 84.9 Å². The summed E-state index contributed by atoms with van der Waals surface area (Å²) in [5, 5.41) is 5.91. The first-order valence-electron chi connectivity index (χ1n) is 12.7. The molecule has 0 fully saturated rings. The van der Waals surface area contributed by atoms with Crippen molar-refractivity contribution < 1.29 is 9.59 Å². The van der Waals surface area contributed by atoms with Gasteiger partial charge in [-0.15, -0.1) is 0 Å². The predicted octanol–water partition coefficient (Wildman–Crippen LogP) is 7.45. The standard InChI is InChI=1S/C32H34N4O2/c1-31(2,3)29(37)33-24-16-12-22(13-17-24)27-20-26(21-10-8-7-9-11-21)35-28(36-27)23-14-18-25(19-15-23)34-30(38)32(4,5)6/h7-20H,1-6H3,(H,33,37)(H,34,38). The SMILES string of the molecule is CC(C)(C)C(=O)Nc1ccc(-c2cc(-c3ccccc3)nc(-c3ccc(NC(=O)C(C)(C)C)cc3)n2)cc1. The Morgan fingerprint density at radius 1 is 0.553 bits per heavy atom. The summed E-state index contributed by atoms with van der Waals surface area (Å²) >= 11 is 0. The van der Waals surface area contributed by atoms with E-state index >= 15 is 0 Å². The van der Waals surface area contributed by atoms with E-state index in [1.165, 1.54) is 0 Å². The zero-order valence-electron chi connectivity index (χ0n) is 22.8. The fraction of sp³-hybridized carbons (Fsp3) is 0.250. The second kappa shape index (κ2) is 10.6. The summed E-state index contributed by atoms with van der Waals surface area (Å²) in [5.74, 6) is 0.500. The Labute approximate surface area is 224 Å². The highest BCUT2D eigenvalue weighted by atomic mass is 16.2. The fourth-order valence-corrected chi connectivity index (χ4v) is 3.55. The Morgan fingerprint density at radius 3 is 1.37 bits per heavy atom. The van der Waals surface area contributed by atoms with Gasteiger partial charge in [-0.1, -0.05) is 84.0 Å². The van der Waals surface area contributed by atoms with Gasteiger partial charge in [0.1, 0.15) is 0 Å². The number of carbonyl (C=O) groups is 2. The monoisotopic (exact) mass is 506 g/mol. The summed E-state index contributed by atoms with van der Waals surface area (Å²) in [6.07, 6.45) is 0. The van der Waals surface area contributed by atoms with Crippen molar-refractivity contribution in [3.8, 4) is 33.9 Å². The average molecular weight is 507 g/mol. The quantitative estimate of drug-likeness (QED) is 0.294. The molecule has 3 aromatic carbocycles. The number of nitrogens with one attached hydrogen (secondary N) is 2. The van der Waals surface area contributed by atoms with E-state index in [9.17, 15) is 9.59 Å². The number of hydrogen-bond donors (Lipinski definition) is 2. The molecule has 0 aliphatic heterocycles. The lowest BCUT2D eigenvalue weighted by atomic mass is 9.95. The molecule has 2 N–H and O–H groups in total. The zero-order valence-corrected chi connectivity index (χ0v) is 22.8. The lowest BCUT2D eigenvalue weighted by Gasteiger charge is -2.18. The zero-order chi connectivity index (χ0) is 27.5. The van der Waals surface area contributed by atoms with Crippen molar-refractivity contribution in [2.75, 3.05) is 10.6 Å². The molecule has 4 aromatic rings. The highest BCUT2D eigenvalue weighted by Gasteiger charge is 2.22. The van der Waals surface area contributed by atoms with E-state index < -0.39 is 10.8 Å².